The third-order valence-corrected chi connectivity index (χ3v) is 1.60. The predicted molar refractivity (Wildman–Crippen MR) is 34.0 cm³/mol. The molecule has 1 fully saturated rings. The summed E-state index contributed by atoms with van der Waals surface area (Å²) in [5, 5.41) is 9.08. The van der Waals surface area contributed by atoms with Gasteiger partial charge >= 0.3 is 0 Å². The molecule has 0 spiro atoms. The van der Waals surface area contributed by atoms with Crippen LogP contribution in [-0.4, -0.2) is 30.5 Å². The van der Waals surface area contributed by atoms with Crippen molar-refractivity contribution in [3.8, 4) is 0 Å². The highest BCUT2D eigenvalue weighted by Gasteiger charge is 2.18. The molecule has 54 valence electrons. The number of hydrogen-bond donors (Lipinski definition) is 2. The highest BCUT2D eigenvalue weighted by molar-refractivity contribution is 4.70. The number of rotatable bonds is 1. The van der Waals surface area contributed by atoms with Gasteiger partial charge in [0.25, 0.3) is 0 Å². The van der Waals surface area contributed by atoms with Crippen molar-refractivity contribution in [2.45, 2.75) is 25.0 Å². The Labute approximate surface area is 54.8 Å². The number of hydrogen-bond acceptors (Lipinski definition) is 3. The van der Waals surface area contributed by atoms with Crippen LogP contribution in [0.2, 0.25) is 0 Å². The molecule has 2 atom stereocenters. The molecule has 0 bridgehead atoms. The minimum Gasteiger partial charge on any atom is -0.393 e. The first-order valence-corrected chi connectivity index (χ1v) is 3.32. The van der Waals surface area contributed by atoms with Crippen LogP contribution in [0, 0.1) is 0 Å². The lowest BCUT2D eigenvalue weighted by Gasteiger charge is -2.24. The van der Waals surface area contributed by atoms with E-state index in [1.165, 1.54) is 0 Å². The molecule has 3 heteroatoms. The van der Waals surface area contributed by atoms with Gasteiger partial charge in [-0.05, 0) is 6.42 Å². The van der Waals surface area contributed by atoms with Crippen molar-refractivity contribution in [3.63, 3.8) is 0 Å². The molecule has 0 aromatic heterocycles. The number of ether oxygens (including phenoxy) is 1. The molecule has 0 amide bonds. The molecule has 3 nitrogen and oxygen atoms in total. The predicted octanol–water partition coefficient (Wildman–Crippen LogP) is -0.515. The van der Waals surface area contributed by atoms with Gasteiger partial charge in [-0.15, -0.1) is 0 Å². The van der Waals surface area contributed by atoms with Gasteiger partial charge in [-0.3, -0.25) is 0 Å². The zero-order chi connectivity index (χ0) is 6.69. The van der Waals surface area contributed by atoms with Gasteiger partial charge in [0.15, 0.2) is 0 Å². The molecule has 3 N–H and O–H groups in total. The normalized spacial score (nSPS) is 36.7. The first kappa shape index (κ1) is 6.99. The maximum Gasteiger partial charge on any atom is 0.0721 e. The minimum absolute atomic E-state index is 0.0914. The van der Waals surface area contributed by atoms with E-state index >= 15 is 0 Å². The number of aliphatic hydroxyl groups excluding tert-OH is 1. The van der Waals surface area contributed by atoms with Crippen molar-refractivity contribution in [3.05, 3.63) is 0 Å². The van der Waals surface area contributed by atoms with Crippen LogP contribution in [-0.2, 0) is 4.74 Å². The van der Waals surface area contributed by atoms with Gasteiger partial charge in [-0.1, -0.05) is 0 Å². The lowest BCUT2D eigenvalue weighted by molar-refractivity contribution is -0.0383. The van der Waals surface area contributed by atoms with E-state index in [-0.39, 0.29) is 12.2 Å². The van der Waals surface area contributed by atoms with E-state index in [4.69, 9.17) is 15.6 Å². The van der Waals surface area contributed by atoms with E-state index in [1.54, 1.807) is 0 Å². The lowest BCUT2D eigenvalue weighted by Crippen LogP contribution is -2.34. The van der Waals surface area contributed by atoms with Crippen molar-refractivity contribution in [2.24, 2.45) is 5.73 Å². The Bertz CT molecular complexity index is 87.1. The molecular formula is C6H13NO2. The maximum atomic E-state index is 9.08. The van der Waals surface area contributed by atoms with E-state index in [0.29, 0.717) is 19.6 Å². The van der Waals surface area contributed by atoms with Crippen molar-refractivity contribution in [2.75, 3.05) is 13.2 Å². The summed E-state index contributed by atoms with van der Waals surface area (Å²) in [5.74, 6) is 0. The third-order valence-electron chi connectivity index (χ3n) is 1.60. The largest absolute Gasteiger partial charge is 0.393 e. The Balaban J connectivity index is 2.23. The van der Waals surface area contributed by atoms with Gasteiger partial charge in [-0.2, -0.15) is 0 Å². The number of aliphatic hydroxyl groups is 1. The topological polar surface area (TPSA) is 55.5 Å². The molecule has 1 rings (SSSR count). The summed E-state index contributed by atoms with van der Waals surface area (Å²) in [6.45, 7) is 1.18. The van der Waals surface area contributed by atoms with Crippen LogP contribution < -0.4 is 5.73 Å². The quantitative estimate of drug-likeness (QED) is 0.503. The fourth-order valence-corrected chi connectivity index (χ4v) is 1.02. The summed E-state index contributed by atoms with van der Waals surface area (Å²) in [5.41, 5.74) is 5.33. The standard InChI is InChI=1S/C6H13NO2/c7-4-6-3-5(8)1-2-9-6/h5-6,8H,1-4,7H2/t5-,6-/m0/s1. The Morgan fingerprint density at radius 3 is 2.89 bits per heavy atom. The molecule has 1 heterocycles. The Morgan fingerprint density at radius 2 is 2.44 bits per heavy atom. The monoisotopic (exact) mass is 131 g/mol. The van der Waals surface area contributed by atoms with Crippen molar-refractivity contribution in [1.29, 1.82) is 0 Å². The van der Waals surface area contributed by atoms with Gasteiger partial charge in [0.2, 0.25) is 0 Å². The second-order valence-corrected chi connectivity index (χ2v) is 2.41. The summed E-state index contributed by atoms with van der Waals surface area (Å²) in [6, 6.07) is 0. The molecular weight excluding hydrogens is 118 g/mol. The summed E-state index contributed by atoms with van der Waals surface area (Å²) in [4.78, 5) is 0. The molecule has 1 aliphatic rings. The second-order valence-electron chi connectivity index (χ2n) is 2.41. The molecule has 0 aromatic rings. The van der Waals surface area contributed by atoms with Crippen molar-refractivity contribution >= 4 is 0 Å². The summed E-state index contributed by atoms with van der Waals surface area (Å²) in [7, 11) is 0. The molecule has 1 aliphatic heterocycles. The second kappa shape index (κ2) is 3.15. The van der Waals surface area contributed by atoms with Crippen molar-refractivity contribution in [1.82, 2.24) is 0 Å². The van der Waals surface area contributed by atoms with E-state index in [0.717, 1.165) is 6.42 Å². The fourth-order valence-electron chi connectivity index (χ4n) is 1.02. The maximum absolute atomic E-state index is 9.08. The van der Waals surface area contributed by atoms with Crippen LogP contribution in [0.15, 0.2) is 0 Å². The lowest BCUT2D eigenvalue weighted by atomic mass is 10.1. The van der Waals surface area contributed by atoms with Gasteiger partial charge in [-0.25, -0.2) is 0 Å². The van der Waals surface area contributed by atoms with E-state index in [9.17, 15) is 0 Å². The molecule has 0 saturated carbocycles. The van der Waals surface area contributed by atoms with Crippen LogP contribution in [0.4, 0.5) is 0 Å². The smallest absolute Gasteiger partial charge is 0.0721 e. The summed E-state index contributed by atoms with van der Waals surface area (Å²) >= 11 is 0. The van der Waals surface area contributed by atoms with Crippen LogP contribution in [0.25, 0.3) is 0 Å². The molecule has 1 saturated heterocycles. The van der Waals surface area contributed by atoms with Crippen LogP contribution in [0.1, 0.15) is 12.8 Å². The summed E-state index contributed by atoms with van der Waals surface area (Å²) in [6.07, 6.45) is 1.37. The van der Waals surface area contributed by atoms with Crippen LogP contribution >= 0.6 is 0 Å². The first-order chi connectivity index (χ1) is 4.33. The zero-order valence-corrected chi connectivity index (χ0v) is 5.42. The highest BCUT2D eigenvalue weighted by atomic mass is 16.5. The molecule has 9 heavy (non-hydrogen) atoms. The molecule has 0 aliphatic carbocycles. The molecule has 0 radical (unpaired) electrons. The average Bonchev–Trinajstić information content (AvgIpc) is 1.88. The zero-order valence-electron chi connectivity index (χ0n) is 5.42. The number of nitrogens with two attached hydrogens (primary N) is 1. The van der Waals surface area contributed by atoms with E-state index < -0.39 is 0 Å². The van der Waals surface area contributed by atoms with E-state index in [2.05, 4.69) is 0 Å². The van der Waals surface area contributed by atoms with Gasteiger partial charge in [0.1, 0.15) is 0 Å². The molecule has 0 aromatic carbocycles. The summed E-state index contributed by atoms with van der Waals surface area (Å²) < 4.78 is 5.21. The van der Waals surface area contributed by atoms with Crippen LogP contribution in [0.3, 0.4) is 0 Å². The SMILES string of the molecule is NC[C@@H]1C[C@@H](O)CCO1. The van der Waals surface area contributed by atoms with Gasteiger partial charge in [0.05, 0.1) is 12.2 Å². The van der Waals surface area contributed by atoms with E-state index in [1.807, 2.05) is 0 Å². The molecule has 0 unspecified atom stereocenters. The first-order valence-electron chi connectivity index (χ1n) is 3.32. The minimum atomic E-state index is -0.188. The Kier molecular flexibility index (Phi) is 2.45. The Morgan fingerprint density at radius 1 is 1.67 bits per heavy atom. The van der Waals surface area contributed by atoms with Crippen molar-refractivity contribution < 1.29 is 9.84 Å². The van der Waals surface area contributed by atoms with Crippen LogP contribution in [0.5, 0.6) is 0 Å². The highest BCUT2D eigenvalue weighted by Crippen LogP contribution is 2.11. The van der Waals surface area contributed by atoms with Gasteiger partial charge in [0, 0.05) is 19.6 Å². The third kappa shape index (κ3) is 1.93. The average molecular weight is 131 g/mol. The Hall–Kier alpha value is -0.120. The fraction of sp³-hybridized carbons (Fsp3) is 1.00. The van der Waals surface area contributed by atoms with Gasteiger partial charge < -0.3 is 15.6 Å².